The van der Waals surface area contributed by atoms with Crippen molar-refractivity contribution in [1.82, 2.24) is 16.2 Å². The summed E-state index contributed by atoms with van der Waals surface area (Å²) in [6.07, 6.45) is 1.81. The van der Waals surface area contributed by atoms with E-state index < -0.39 is 11.8 Å². The molecule has 0 saturated carbocycles. The maximum absolute atomic E-state index is 12.5. The van der Waals surface area contributed by atoms with Gasteiger partial charge in [0.25, 0.3) is 11.8 Å². The number of aryl methyl sites for hydroxylation is 1. The van der Waals surface area contributed by atoms with Crippen molar-refractivity contribution in [2.45, 2.75) is 33.6 Å². The first-order chi connectivity index (χ1) is 14.9. The molecule has 0 aliphatic rings. The summed E-state index contributed by atoms with van der Waals surface area (Å²) in [6.45, 7) is 6.60. The van der Waals surface area contributed by atoms with Gasteiger partial charge in [-0.15, -0.1) is 0 Å². The van der Waals surface area contributed by atoms with Gasteiger partial charge in [0, 0.05) is 0 Å². The maximum atomic E-state index is 12.5. The number of rotatable bonds is 9. The topological polar surface area (TPSA) is 88.7 Å². The third-order valence-corrected chi connectivity index (χ3v) is 4.53. The summed E-state index contributed by atoms with van der Waals surface area (Å²) in [5.74, 6) is 0.709. The Labute approximate surface area is 188 Å². The van der Waals surface area contributed by atoms with E-state index in [0.717, 1.165) is 12.8 Å². The van der Waals surface area contributed by atoms with E-state index in [-0.39, 0.29) is 11.7 Å². The SMILES string of the molecule is CCc1ccc(OCC(=O)NNC(=S)NC(=O)c2ccccc2OCCC(C)C)cc1. The Balaban J connectivity index is 1.77. The van der Waals surface area contributed by atoms with Crippen molar-refractivity contribution in [3.8, 4) is 11.5 Å². The van der Waals surface area contributed by atoms with Crippen molar-refractivity contribution in [3.63, 3.8) is 0 Å². The van der Waals surface area contributed by atoms with Gasteiger partial charge in [-0.05, 0) is 60.8 Å². The van der Waals surface area contributed by atoms with Gasteiger partial charge < -0.3 is 9.47 Å². The highest BCUT2D eigenvalue weighted by Gasteiger charge is 2.14. The second-order valence-corrected chi connectivity index (χ2v) is 7.68. The van der Waals surface area contributed by atoms with Crippen LogP contribution in [0.25, 0.3) is 0 Å². The number of benzene rings is 2. The van der Waals surface area contributed by atoms with Crippen molar-refractivity contribution in [1.29, 1.82) is 0 Å². The highest BCUT2D eigenvalue weighted by atomic mass is 32.1. The van der Waals surface area contributed by atoms with Crippen molar-refractivity contribution in [2.24, 2.45) is 5.92 Å². The van der Waals surface area contributed by atoms with Crippen molar-refractivity contribution < 1.29 is 19.1 Å². The third kappa shape index (κ3) is 8.64. The van der Waals surface area contributed by atoms with Crippen molar-refractivity contribution in [2.75, 3.05) is 13.2 Å². The maximum Gasteiger partial charge on any atom is 0.276 e. The van der Waals surface area contributed by atoms with Gasteiger partial charge in [-0.3, -0.25) is 25.8 Å². The van der Waals surface area contributed by atoms with E-state index in [2.05, 4.69) is 36.9 Å². The zero-order chi connectivity index (χ0) is 22.6. The number of carbonyl (C=O) groups excluding carboxylic acids is 2. The van der Waals surface area contributed by atoms with Crippen LogP contribution in [0.1, 0.15) is 43.1 Å². The predicted octanol–water partition coefficient (Wildman–Crippen LogP) is 3.39. The molecule has 3 N–H and O–H groups in total. The number of thiocarbonyl (C=S) groups is 1. The summed E-state index contributed by atoms with van der Waals surface area (Å²) in [5.41, 5.74) is 6.43. The Morgan fingerprint density at radius 1 is 1.00 bits per heavy atom. The Kier molecular flexibility index (Phi) is 9.77. The molecule has 2 rings (SSSR count). The van der Waals surface area contributed by atoms with Gasteiger partial charge >= 0.3 is 0 Å². The molecule has 0 saturated heterocycles. The van der Waals surface area contributed by atoms with Crippen LogP contribution in [0.2, 0.25) is 0 Å². The molecular weight excluding hydrogens is 414 g/mol. The van der Waals surface area contributed by atoms with Crippen molar-refractivity contribution >= 4 is 29.1 Å². The lowest BCUT2D eigenvalue weighted by Gasteiger charge is -2.14. The summed E-state index contributed by atoms with van der Waals surface area (Å²) >= 11 is 5.08. The summed E-state index contributed by atoms with van der Waals surface area (Å²) < 4.78 is 11.1. The van der Waals surface area contributed by atoms with E-state index in [9.17, 15) is 9.59 Å². The molecule has 0 aliphatic heterocycles. The van der Waals surface area contributed by atoms with E-state index in [1.165, 1.54) is 5.56 Å². The fourth-order valence-electron chi connectivity index (χ4n) is 2.52. The van der Waals surface area contributed by atoms with Crippen LogP contribution in [-0.4, -0.2) is 30.1 Å². The monoisotopic (exact) mass is 443 g/mol. The molecule has 31 heavy (non-hydrogen) atoms. The first-order valence-corrected chi connectivity index (χ1v) is 10.6. The van der Waals surface area contributed by atoms with Crippen LogP contribution < -0.4 is 25.6 Å². The molecule has 0 radical (unpaired) electrons. The number of hydrazine groups is 1. The fraction of sp³-hybridized carbons (Fsp3) is 0.348. The zero-order valence-corrected chi connectivity index (χ0v) is 18.9. The molecule has 0 unspecified atom stereocenters. The average molecular weight is 444 g/mol. The van der Waals surface area contributed by atoms with E-state index >= 15 is 0 Å². The Bertz CT molecular complexity index is 885. The van der Waals surface area contributed by atoms with E-state index in [1.54, 1.807) is 24.3 Å². The van der Waals surface area contributed by atoms with E-state index in [0.29, 0.717) is 29.6 Å². The summed E-state index contributed by atoms with van der Waals surface area (Å²) in [4.78, 5) is 24.5. The molecule has 0 heterocycles. The first kappa shape index (κ1) is 24.1. The standard InChI is InChI=1S/C23H29N3O4S/c1-4-17-9-11-18(12-10-17)30-15-21(27)25-26-23(31)24-22(28)19-7-5-6-8-20(19)29-14-13-16(2)3/h5-12,16H,4,13-15H2,1-3H3,(H,25,27)(H2,24,26,28,31). The Morgan fingerprint density at radius 2 is 1.71 bits per heavy atom. The zero-order valence-electron chi connectivity index (χ0n) is 18.1. The van der Waals surface area contributed by atoms with Gasteiger partial charge in [0.2, 0.25) is 0 Å². The van der Waals surface area contributed by atoms with Gasteiger partial charge in [-0.25, -0.2) is 0 Å². The van der Waals surface area contributed by atoms with E-state index in [1.807, 2.05) is 24.3 Å². The fourth-order valence-corrected chi connectivity index (χ4v) is 2.66. The molecule has 8 heteroatoms. The number of hydrogen-bond acceptors (Lipinski definition) is 5. The number of amides is 2. The molecule has 0 aliphatic carbocycles. The molecule has 2 aromatic carbocycles. The van der Waals surface area contributed by atoms with Gasteiger partial charge in [0.15, 0.2) is 11.7 Å². The van der Waals surface area contributed by atoms with Crippen LogP contribution in [0.15, 0.2) is 48.5 Å². The van der Waals surface area contributed by atoms with Crippen LogP contribution in [0.4, 0.5) is 0 Å². The lowest BCUT2D eigenvalue weighted by molar-refractivity contribution is -0.123. The van der Waals surface area contributed by atoms with Crippen LogP contribution in [0, 0.1) is 5.92 Å². The van der Waals surface area contributed by atoms with Gasteiger partial charge in [0.1, 0.15) is 11.5 Å². The molecule has 0 fully saturated rings. The molecule has 0 aromatic heterocycles. The number of hydrogen-bond donors (Lipinski definition) is 3. The van der Waals surface area contributed by atoms with Crippen LogP contribution >= 0.6 is 12.2 Å². The van der Waals surface area contributed by atoms with Crippen LogP contribution in [-0.2, 0) is 11.2 Å². The molecule has 2 amide bonds. The molecule has 0 atom stereocenters. The summed E-state index contributed by atoms with van der Waals surface area (Å²) in [6, 6.07) is 14.4. The Morgan fingerprint density at radius 3 is 2.39 bits per heavy atom. The second kappa shape index (κ2) is 12.5. The Hall–Kier alpha value is -3.13. The minimum absolute atomic E-state index is 0.0392. The minimum Gasteiger partial charge on any atom is -0.493 e. The molecular formula is C23H29N3O4S. The molecule has 0 spiro atoms. The van der Waals surface area contributed by atoms with Crippen LogP contribution in [0.5, 0.6) is 11.5 Å². The smallest absolute Gasteiger partial charge is 0.276 e. The normalized spacial score (nSPS) is 10.3. The van der Waals surface area contributed by atoms with E-state index in [4.69, 9.17) is 21.7 Å². The van der Waals surface area contributed by atoms with Crippen LogP contribution in [0.3, 0.4) is 0 Å². The van der Waals surface area contributed by atoms with Gasteiger partial charge in [0.05, 0.1) is 12.2 Å². The summed E-state index contributed by atoms with van der Waals surface area (Å²) in [5, 5.41) is 2.48. The number of para-hydroxylation sites is 1. The lowest BCUT2D eigenvalue weighted by Crippen LogP contribution is -2.49. The largest absolute Gasteiger partial charge is 0.493 e. The first-order valence-electron chi connectivity index (χ1n) is 10.2. The second-order valence-electron chi connectivity index (χ2n) is 7.27. The number of carbonyl (C=O) groups is 2. The lowest BCUT2D eigenvalue weighted by atomic mass is 10.1. The molecule has 7 nitrogen and oxygen atoms in total. The minimum atomic E-state index is -0.436. The quantitative estimate of drug-likeness (QED) is 0.407. The average Bonchev–Trinajstić information content (AvgIpc) is 2.76. The predicted molar refractivity (Wildman–Crippen MR) is 124 cm³/mol. The van der Waals surface area contributed by atoms with Gasteiger partial charge in [-0.2, -0.15) is 0 Å². The van der Waals surface area contributed by atoms with Crippen molar-refractivity contribution in [3.05, 3.63) is 59.7 Å². The third-order valence-electron chi connectivity index (χ3n) is 4.33. The number of nitrogens with one attached hydrogen (secondary N) is 3. The number of ether oxygens (including phenoxy) is 2. The highest BCUT2D eigenvalue weighted by Crippen LogP contribution is 2.18. The summed E-state index contributed by atoms with van der Waals surface area (Å²) in [7, 11) is 0. The molecule has 2 aromatic rings. The molecule has 0 bridgehead atoms. The van der Waals surface area contributed by atoms with Gasteiger partial charge in [-0.1, -0.05) is 45.0 Å². The highest BCUT2D eigenvalue weighted by molar-refractivity contribution is 7.80. The molecule has 166 valence electrons.